The first-order valence-electron chi connectivity index (χ1n) is 30.0. The van der Waals surface area contributed by atoms with Gasteiger partial charge in [-0.15, -0.1) is 0 Å². The molecular formula is C55H82N20O18S4. The van der Waals surface area contributed by atoms with Gasteiger partial charge in [-0.05, 0) is 56.7 Å². The summed E-state index contributed by atoms with van der Waals surface area (Å²) < 4.78 is 0. The minimum Gasteiger partial charge on any atom is -0.508 e. The molecule has 14 amide bonds. The smallest absolute Gasteiger partial charge is 0.303 e. The number of hydrogen-bond acceptors (Lipinski definition) is 24. The Bertz CT molecular complexity index is 3170. The first-order chi connectivity index (χ1) is 45.9. The third-order valence-corrected chi connectivity index (χ3v) is 17.7. The number of hydrogen-bond donors (Lipinski definition) is 22. The molecule has 0 saturated carbocycles. The lowest BCUT2D eigenvalue weighted by atomic mass is 10.0. The Morgan fingerprint density at radius 2 is 1.33 bits per heavy atom. The van der Waals surface area contributed by atoms with E-state index >= 15 is 0 Å². The summed E-state index contributed by atoms with van der Waals surface area (Å²) in [6, 6.07) is -11.6. The molecule has 97 heavy (non-hydrogen) atoms. The highest BCUT2D eigenvalue weighted by atomic mass is 33.1. The second-order valence-corrected chi connectivity index (χ2v) is 25.4. The summed E-state index contributed by atoms with van der Waals surface area (Å²) in [6.07, 6.45) is 0.881. The zero-order chi connectivity index (χ0) is 72.1. The number of aromatic hydroxyl groups is 1. The van der Waals surface area contributed by atoms with Gasteiger partial charge in [0.25, 0.3) is 0 Å². The van der Waals surface area contributed by atoms with Gasteiger partial charge in [0.2, 0.25) is 82.7 Å². The second kappa shape index (κ2) is 40.4. The Labute approximate surface area is 573 Å². The van der Waals surface area contributed by atoms with Crippen molar-refractivity contribution in [1.82, 2.24) is 73.4 Å². The lowest BCUT2D eigenvalue weighted by Gasteiger charge is -2.30. The molecule has 0 aliphatic carbocycles. The number of aromatic amines is 1. The van der Waals surface area contributed by atoms with E-state index in [-0.39, 0.29) is 92.8 Å². The van der Waals surface area contributed by atoms with E-state index in [9.17, 15) is 82.1 Å². The Morgan fingerprint density at radius 1 is 0.722 bits per heavy atom. The van der Waals surface area contributed by atoms with Crippen LogP contribution in [0.15, 0.2) is 41.8 Å². The molecule has 2 aliphatic heterocycles. The van der Waals surface area contributed by atoms with Gasteiger partial charge in [0.05, 0.1) is 31.9 Å². The molecule has 25 N–H and O–H groups in total. The molecule has 42 heteroatoms. The number of aliphatic hydroxyl groups is 1. The summed E-state index contributed by atoms with van der Waals surface area (Å²) in [6.45, 7) is -0.617. The highest BCUT2D eigenvalue weighted by molar-refractivity contribution is 8.76. The maximum atomic E-state index is 14.4. The van der Waals surface area contributed by atoms with Gasteiger partial charge in [0, 0.05) is 67.3 Å². The van der Waals surface area contributed by atoms with Crippen LogP contribution in [-0.4, -0.2) is 247 Å². The van der Waals surface area contributed by atoms with E-state index in [2.05, 4.69) is 98.7 Å². The number of carboxylic acids is 1. The van der Waals surface area contributed by atoms with Crippen LogP contribution < -0.4 is 87.2 Å². The van der Waals surface area contributed by atoms with Crippen molar-refractivity contribution in [3.05, 3.63) is 48.0 Å². The van der Waals surface area contributed by atoms with Crippen molar-refractivity contribution in [2.45, 2.75) is 137 Å². The standard InChI is InChI=1S/C55H82N20O18S4/c1-25(65-53(92)39-5-3-13-75(39)54(93)33(16-40(57)78)69-51(90)38-23-97-96-22-37(52(91)74-38)73-45(84)29(56)10-11-42(80)81)44(83)72-36(21-95)46(85)63-18-41(79)66-30(4-2-12-62-55(59)60)47(86)68-32(15-27-17-61-24-64-27)49(88)67-31(14-26-6-8-28(77)9-7-26)48(87)70-34(19-76)50(89)71-35(20-94)43(58)82/h6-9,17,24-25,29-39,76-77,94-95H,2-5,10-16,18-23,56H2,1H3,(H2,57,78)(H2,58,82)(H,61,64)(H,63,85)(H,65,92)(H,66,79)(H,67,88)(H,68,86)(H,69,90)(H,70,87)(H,71,89)(H,72,83)(H,73,84)(H,74,91)(H,80,81)(H4,59,60,62)/t25-,29-,30-,31-,32-,33-,34-,35-,36-,37-,38-,39-/m0/s1. The van der Waals surface area contributed by atoms with Crippen LogP contribution in [0.3, 0.4) is 0 Å². The van der Waals surface area contributed by atoms with Gasteiger partial charge < -0.3 is 112 Å². The summed E-state index contributed by atoms with van der Waals surface area (Å²) in [5.41, 5.74) is 28.3. The third kappa shape index (κ3) is 27.1. The van der Waals surface area contributed by atoms with Crippen LogP contribution in [0.1, 0.15) is 63.1 Å². The van der Waals surface area contributed by atoms with Crippen molar-refractivity contribution in [3.63, 3.8) is 0 Å². The number of benzene rings is 1. The fourth-order valence-corrected chi connectivity index (χ4v) is 12.2. The van der Waals surface area contributed by atoms with Crippen molar-refractivity contribution in [1.29, 1.82) is 0 Å². The number of aliphatic hydroxyl groups excluding tert-OH is 1. The number of thiol groups is 2. The number of primary amides is 2. The van der Waals surface area contributed by atoms with Gasteiger partial charge in [-0.25, -0.2) is 4.98 Å². The molecule has 1 aromatic heterocycles. The number of carbonyl (C=O) groups excluding carboxylic acids is 14. The number of carbonyl (C=O) groups is 15. The fraction of sp³-hybridized carbons (Fsp3) is 0.545. The van der Waals surface area contributed by atoms with Crippen LogP contribution in [0.2, 0.25) is 0 Å². The van der Waals surface area contributed by atoms with Crippen molar-refractivity contribution in [2.24, 2.45) is 33.7 Å². The molecule has 3 heterocycles. The van der Waals surface area contributed by atoms with Crippen molar-refractivity contribution in [2.75, 3.05) is 49.3 Å². The number of carboxylic acid groups (broad SMARTS) is 1. The minimum atomic E-state index is -1.68. The first-order valence-corrected chi connectivity index (χ1v) is 33.7. The van der Waals surface area contributed by atoms with Gasteiger partial charge in [-0.1, -0.05) is 33.7 Å². The molecule has 2 fully saturated rings. The zero-order valence-electron chi connectivity index (χ0n) is 52.3. The van der Waals surface area contributed by atoms with Gasteiger partial charge in [-0.2, -0.15) is 25.3 Å². The van der Waals surface area contributed by atoms with Crippen LogP contribution in [0.5, 0.6) is 5.75 Å². The number of phenols is 1. The molecule has 1 aromatic carbocycles. The molecule has 2 aliphatic rings. The normalized spacial score (nSPS) is 18.0. The topological polar surface area (TPSA) is 623 Å². The van der Waals surface area contributed by atoms with Crippen LogP contribution >= 0.6 is 46.8 Å². The number of nitrogens with one attached hydrogen (secondary N) is 12. The second-order valence-electron chi connectivity index (χ2n) is 22.1. The lowest BCUT2D eigenvalue weighted by molar-refractivity contribution is -0.143. The van der Waals surface area contributed by atoms with E-state index in [4.69, 9.17) is 33.8 Å². The van der Waals surface area contributed by atoms with E-state index in [1.807, 2.05) is 0 Å². The molecule has 0 bridgehead atoms. The minimum absolute atomic E-state index is 0.0345. The number of guanidine groups is 1. The maximum Gasteiger partial charge on any atom is 0.303 e. The first kappa shape index (κ1) is 80.3. The number of aromatic nitrogens is 2. The Hall–Kier alpha value is -9.13. The van der Waals surface area contributed by atoms with E-state index in [0.717, 1.165) is 26.5 Å². The molecule has 2 saturated heterocycles. The van der Waals surface area contributed by atoms with Gasteiger partial charge >= 0.3 is 5.97 Å². The summed E-state index contributed by atoms with van der Waals surface area (Å²) in [5.74, 6) is -15.3. The van der Waals surface area contributed by atoms with Gasteiger partial charge in [0.1, 0.15) is 72.2 Å². The number of nitrogens with zero attached hydrogens (tertiary/aromatic N) is 3. The van der Waals surface area contributed by atoms with E-state index in [0.29, 0.717) is 11.3 Å². The molecule has 0 unspecified atom stereocenters. The summed E-state index contributed by atoms with van der Waals surface area (Å²) >= 11 is 8.16. The van der Waals surface area contributed by atoms with Crippen molar-refractivity contribution >= 4 is 141 Å². The van der Waals surface area contributed by atoms with Gasteiger partial charge in [0.15, 0.2) is 5.96 Å². The molecule has 0 radical (unpaired) electrons. The predicted octanol–water partition coefficient (Wildman–Crippen LogP) is -9.27. The van der Waals surface area contributed by atoms with Gasteiger partial charge in [-0.3, -0.25) is 76.9 Å². The number of imidazole rings is 1. The Balaban J connectivity index is 1.42. The van der Waals surface area contributed by atoms with Crippen molar-refractivity contribution < 1.29 is 87.2 Å². The van der Waals surface area contributed by atoms with Crippen LogP contribution in [-0.2, 0) is 84.8 Å². The average molecular weight is 1440 g/mol. The predicted molar refractivity (Wildman–Crippen MR) is 354 cm³/mol. The lowest BCUT2D eigenvalue weighted by Crippen LogP contribution is -2.61. The Morgan fingerprint density at radius 3 is 1.93 bits per heavy atom. The SMILES string of the molecule is C[C@H](NC(=O)[C@@H]1CCCN1C(=O)[C@H](CC(N)=O)NC(=O)[C@@H]1CSSC[C@H](NC(=O)[C@@H](N)CCC(=O)O)C(=O)N1)C(=O)N[C@@H](CS)C(=O)NCC(=O)N[C@@H](CCCN=C(N)N)C(=O)N[C@@H](Cc1cnc[nH]1)C(=O)N[C@@H](Cc1ccc(O)cc1)C(=O)N[C@@H](CO)C(=O)N[C@@H](CS)C(N)=O. The molecule has 2 aromatic rings. The molecule has 38 nitrogen and oxygen atoms in total. The number of likely N-dealkylation sites (tertiary alicyclic amines) is 1. The van der Waals surface area contributed by atoms with E-state index in [1.165, 1.54) is 43.7 Å². The maximum absolute atomic E-state index is 14.4. The Kier molecular flexibility index (Phi) is 33.5. The quantitative estimate of drug-likeness (QED) is 0.00976. The molecule has 0 spiro atoms. The summed E-state index contributed by atoms with van der Waals surface area (Å²) in [7, 11) is 2.27. The number of nitrogens with two attached hydrogens (primary N) is 5. The monoisotopic (exact) mass is 1440 g/mol. The average Bonchev–Trinajstić information content (AvgIpc) is 1.81. The molecule has 4 rings (SSSR count). The summed E-state index contributed by atoms with van der Waals surface area (Å²) in [4.78, 5) is 210. The number of H-pyrrole nitrogens is 1. The largest absolute Gasteiger partial charge is 0.508 e. The number of amides is 14. The fourth-order valence-electron chi connectivity index (χ4n) is 9.30. The number of aliphatic carboxylic acids is 1. The number of aliphatic imine (C=N–C) groups is 1. The van der Waals surface area contributed by atoms with E-state index in [1.54, 1.807) is 0 Å². The van der Waals surface area contributed by atoms with Crippen molar-refractivity contribution in [3.8, 4) is 5.75 Å². The summed E-state index contributed by atoms with van der Waals surface area (Å²) in [5, 5.41) is 55.7. The molecular weight excluding hydrogens is 1360 g/mol. The van der Waals surface area contributed by atoms with Crippen LogP contribution in [0, 0.1) is 0 Å². The highest BCUT2D eigenvalue weighted by Gasteiger charge is 2.41. The van der Waals surface area contributed by atoms with Crippen LogP contribution in [0.4, 0.5) is 0 Å². The zero-order valence-corrected chi connectivity index (χ0v) is 55.7. The van der Waals surface area contributed by atoms with E-state index < -0.39 is 187 Å². The molecule has 12 atom stereocenters. The van der Waals surface area contributed by atoms with Crippen LogP contribution in [0.25, 0.3) is 0 Å². The third-order valence-electron chi connectivity index (χ3n) is 14.5. The molecule has 534 valence electrons. The highest BCUT2D eigenvalue weighted by Crippen LogP contribution is 2.26. The number of phenolic OH excluding ortho intramolecular Hbond substituents is 1. The number of rotatable bonds is 38.